The largest absolute Gasteiger partial charge is 0.356 e. The van der Waals surface area contributed by atoms with Gasteiger partial charge in [-0.25, -0.2) is 0 Å². The first-order valence-corrected chi connectivity index (χ1v) is 11.1. The van der Waals surface area contributed by atoms with Crippen molar-refractivity contribution in [2.75, 3.05) is 77.4 Å². The van der Waals surface area contributed by atoms with Crippen molar-refractivity contribution in [3.05, 3.63) is 40.2 Å². The molecule has 0 bridgehead atoms. The molecule has 6 nitrogen and oxygen atoms in total. The highest BCUT2D eigenvalue weighted by molar-refractivity contribution is 5.86. The maximum Gasteiger partial charge on any atom is 0.257 e. The van der Waals surface area contributed by atoms with Gasteiger partial charge in [0.05, 0.1) is 0 Å². The Kier molecular flexibility index (Phi) is 6.53. The molecule has 4 rings (SSSR count). The van der Waals surface area contributed by atoms with Crippen LogP contribution in [-0.4, -0.2) is 92.2 Å². The van der Waals surface area contributed by atoms with Crippen molar-refractivity contribution in [1.29, 1.82) is 0 Å². The van der Waals surface area contributed by atoms with Gasteiger partial charge < -0.3 is 19.7 Å². The number of unbranched alkanes of at least 4 members (excludes halogenated alkanes) is 1. The Bertz CT molecular complexity index is 863. The molecule has 0 spiro atoms. The number of benzene rings is 1. The van der Waals surface area contributed by atoms with Crippen molar-refractivity contribution in [2.24, 2.45) is 0 Å². The predicted molar refractivity (Wildman–Crippen MR) is 121 cm³/mol. The lowest BCUT2D eigenvalue weighted by Gasteiger charge is -2.36. The van der Waals surface area contributed by atoms with Crippen molar-refractivity contribution in [3.8, 4) is 0 Å². The summed E-state index contributed by atoms with van der Waals surface area (Å²) in [6.07, 6.45) is 2.57. The molecule has 2 aromatic rings. The number of hydrogen-bond acceptors (Lipinski definition) is 5. The number of aromatic amines is 1. The summed E-state index contributed by atoms with van der Waals surface area (Å²) in [5.74, 6) is 0.964. The van der Waals surface area contributed by atoms with Crippen LogP contribution in [0.15, 0.2) is 29.1 Å². The number of H-pyrrole nitrogens is 1. The van der Waals surface area contributed by atoms with Gasteiger partial charge in [0.2, 0.25) is 0 Å². The summed E-state index contributed by atoms with van der Waals surface area (Å²) in [4.78, 5) is 25.5. The fraction of sp³-hybridized carbons (Fsp3) is 0.609. The molecule has 1 aromatic heterocycles. The van der Waals surface area contributed by atoms with Crippen LogP contribution in [0, 0.1) is 6.92 Å². The molecule has 1 N–H and O–H groups in total. The number of nitrogens with zero attached hydrogens (tertiary/aromatic N) is 4. The summed E-state index contributed by atoms with van der Waals surface area (Å²) in [6, 6.07) is 8.09. The molecule has 6 heteroatoms. The number of nitrogens with one attached hydrogen (secondary N) is 1. The van der Waals surface area contributed by atoms with E-state index in [1.165, 1.54) is 52.1 Å². The molecule has 29 heavy (non-hydrogen) atoms. The third kappa shape index (κ3) is 5.00. The first-order valence-electron chi connectivity index (χ1n) is 11.1. The fourth-order valence-corrected chi connectivity index (χ4v) is 4.55. The minimum absolute atomic E-state index is 0.0209. The van der Waals surface area contributed by atoms with Gasteiger partial charge in [-0.3, -0.25) is 9.69 Å². The Morgan fingerprint density at radius 3 is 2.14 bits per heavy atom. The quantitative estimate of drug-likeness (QED) is 0.756. The molecular formula is C23H35N5O. The van der Waals surface area contributed by atoms with Gasteiger partial charge in [-0.05, 0) is 63.0 Å². The Balaban J connectivity index is 1.24. The molecule has 3 heterocycles. The topological polar surface area (TPSA) is 45.8 Å². The van der Waals surface area contributed by atoms with E-state index >= 15 is 0 Å². The van der Waals surface area contributed by atoms with Gasteiger partial charge in [-0.2, -0.15) is 0 Å². The Morgan fingerprint density at radius 1 is 0.862 bits per heavy atom. The Hall–Kier alpha value is -1.89. The minimum Gasteiger partial charge on any atom is -0.356 e. The molecular weight excluding hydrogens is 362 g/mol. The first-order chi connectivity index (χ1) is 14.1. The van der Waals surface area contributed by atoms with Crippen LogP contribution < -0.4 is 10.5 Å². The second-order valence-corrected chi connectivity index (χ2v) is 8.70. The first kappa shape index (κ1) is 20.4. The molecule has 158 valence electrons. The van der Waals surface area contributed by atoms with E-state index in [-0.39, 0.29) is 5.56 Å². The average molecular weight is 398 g/mol. The van der Waals surface area contributed by atoms with Gasteiger partial charge in [0.1, 0.15) is 5.82 Å². The van der Waals surface area contributed by atoms with Crippen molar-refractivity contribution in [3.63, 3.8) is 0 Å². The highest BCUT2D eigenvalue weighted by Gasteiger charge is 2.19. The number of hydrogen-bond donors (Lipinski definition) is 1. The molecule has 2 aliphatic heterocycles. The zero-order valence-corrected chi connectivity index (χ0v) is 18.0. The third-order valence-electron chi connectivity index (χ3n) is 6.60. The maximum absolute atomic E-state index is 12.5. The molecule has 0 aliphatic carbocycles. The number of fused-ring (bicyclic) bond motifs is 1. The van der Waals surface area contributed by atoms with E-state index < -0.39 is 0 Å². The van der Waals surface area contributed by atoms with Gasteiger partial charge in [0.15, 0.2) is 0 Å². The lowest BCUT2D eigenvalue weighted by Crippen LogP contribution is -2.47. The summed E-state index contributed by atoms with van der Waals surface area (Å²) in [6.45, 7) is 13.5. The molecule has 1 aromatic carbocycles. The Labute approximate surface area is 174 Å². The minimum atomic E-state index is 0.0209. The fourth-order valence-electron chi connectivity index (χ4n) is 4.55. The van der Waals surface area contributed by atoms with Crippen molar-refractivity contribution >= 4 is 16.6 Å². The summed E-state index contributed by atoms with van der Waals surface area (Å²) < 4.78 is 0. The zero-order valence-electron chi connectivity index (χ0n) is 18.0. The van der Waals surface area contributed by atoms with E-state index in [4.69, 9.17) is 0 Å². The lowest BCUT2D eigenvalue weighted by molar-refractivity contribution is 0.149. The molecule has 2 fully saturated rings. The highest BCUT2D eigenvalue weighted by Crippen LogP contribution is 2.21. The van der Waals surface area contributed by atoms with E-state index in [0.717, 1.165) is 48.3 Å². The number of rotatable bonds is 6. The number of aryl methyl sites for hydroxylation is 1. The zero-order chi connectivity index (χ0) is 20.2. The summed E-state index contributed by atoms with van der Waals surface area (Å²) in [7, 11) is 2.21. The van der Waals surface area contributed by atoms with Crippen LogP contribution in [0.4, 0.5) is 5.82 Å². The number of anilines is 1. The molecule has 0 radical (unpaired) electrons. The summed E-state index contributed by atoms with van der Waals surface area (Å²) in [5, 5.41) is 1.85. The van der Waals surface area contributed by atoms with Crippen LogP contribution in [0.2, 0.25) is 0 Å². The van der Waals surface area contributed by atoms with Crippen LogP contribution in [0.3, 0.4) is 0 Å². The van der Waals surface area contributed by atoms with Crippen LogP contribution >= 0.6 is 0 Å². The Morgan fingerprint density at radius 2 is 1.48 bits per heavy atom. The maximum atomic E-state index is 12.5. The molecule has 0 saturated carbocycles. The lowest BCUT2D eigenvalue weighted by atomic mass is 10.1. The van der Waals surface area contributed by atoms with E-state index in [0.29, 0.717) is 0 Å². The van der Waals surface area contributed by atoms with E-state index in [9.17, 15) is 4.79 Å². The van der Waals surface area contributed by atoms with Crippen LogP contribution in [0.25, 0.3) is 10.8 Å². The van der Waals surface area contributed by atoms with E-state index in [1.54, 1.807) is 0 Å². The third-order valence-corrected chi connectivity index (χ3v) is 6.60. The van der Waals surface area contributed by atoms with Gasteiger partial charge in [-0.1, -0.05) is 12.1 Å². The van der Waals surface area contributed by atoms with Gasteiger partial charge in [-0.15, -0.1) is 0 Å². The monoisotopic (exact) mass is 397 g/mol. The molecule has 0 amide bonds. The molecule has 2 saturated heterocycles. The number of likely N-dealkylation sites (N-methyl/N-ethyl adjacent to an activating group) is 1. The standard InChI is InChI=1S/C23H35N5O/c1-19-6-5-7-20-21(19)18-22(24-23(20)29)28-16-14-27(15-17-28)9-4-3-8-26-12-10-25(2)11-13-26/h5-7,18H,3-4,8-17H2,1-2H3,(H,24,29). The second kappa shape index (κ2) is 9.28. The van der Waals surface area contributed by atoms with Crippen LogP contribution in [0.1, 0.15) is 18.4 Å². The average Bonchev–Trinajstić information content (AvgIpc) is 2.74. The van der Waals surface area contributed by atoms with Crippen LogP contribution in [-0.2, 0) is 0 Å². The molecule has 0 unspecified atom stereocenters. The van der Waals surface area contributed by atoms with Crippen molar-refractivity contribution < 1.29 is 0 Å². The highest BCUT2D eigenvalue weighted by atomic mass is 16.1. The summed E-state index contributed by atoms with van der Waals surface area (Å²) in [5.41, 5.74) is 1.18. The number of pyridine rings is 1. The van der Waals surface area contributed by atoms with Crippen molar-refractivity contribution in [2.45, 2.75) is 19.8 Å². The molecule has 0 atom stereocenters. The van der Waals surface area contributed by atoms with E-state index in [1.807, 2.05) is 12.1 Å². The van der Waals surface area contributed by atoms with Gasteiger partial charge in [0, 0.05) is 57.7 Å². The smallest absolute Gasteiger partial charge is 0.257 e. The normalized spacial score (nSPS) is 19.9. The van der Waals surface area contributed by atoms with Crippen molar-refractivity contribution in [1.82, 2.24) is 19.7 Å². The summed E-state index contributed by atoms with van der Waals surface area (Å²) >= 11 is 0. The number of piperazine rings is 2. The number of aromatic nitrogens is 1. The SMILES string of the molecule is Cc1cccc2c(=O)[nH]c(N3CCN(CCCCN4CCN(C)CC4)CC3)cc12. The van der Waals surface area contributed by atoms with E-state index in [2.05, 4.69) is 50.7 Å². The van der Waals surface area contributed by atoms with Gasteiger partial charge >= 0.3 is 0 Å². The van der Waals surface area contributed by atoms with Gasteiger partial charge in [0.25, 0.3) is 5.56 Å². The molecule has 2 aliphatic rings. The van der Waals surface area contributed by atoms with Crippen LogP contribution in [0.5, 0.6) is 0 Å². The predicted octanol–water partition coefficient (Wildman–Crippen LogP) is 1.99. The second-order valence-electron chi connectivity index (χ2n) is 8.70.